The number of anilines is 1. The highest BCUT2D eigenvalue weighted by atomic mass is 32.2. The minimum absolute atomic E-state index is 0.0354. The van der Waals surface area contributed by atoms with E-state index in [0.717, 1.165) is 0 Å². The van der Waals surface area contributed by atoms with Crippen LogP contribution in [0.2, 0.25) is 0 Å². The Hall–Kier alpha value is -1.16. The van der Waals surface area contributed by atoms with E-state index in [-0.39, 0.29) is 30.3 Å². The first-order valence-corrected chi connectivity index (χ1v) is 7.38. The van der Waals surface area contributed by atoms with Crippen LogP contribution in [0.25, 0.3) is 0 Å². The fourth-order valence-electron chi connectivity index (χ4n) is 1.50. The van der Waals surface area contributed by atoms with Gasteiger partial charge in [-0.15, -0.1) is 0 Å². The summed E-state index contributed by atoms with van der Waals surface area (Å²) in [5.74, 6) is -0.0354. The number of rotatable bonds is 8. The zero-order valence-electron chi connectivity index (χ0n) is 11.0. The Labute approximate surface area is 112 Å². The highest BCUT2D eigenvalue weighted by molar-refractivity contribution is 7.89. The van der Waals surface area contributed by atoms with Crippen LogP contribution in [0.5, 0.6) is 0 Å². The molecule has 0 saturated carbocycles. The van der Waals surface area contributed by atoms with Gasteiger partial charge in [-0.1, -0.05) is 0 Å². The highest BCUT2D eigenvalue weighted by Crippen LogP contribution is 2.15. The lowest BCUT2D eigenvalue weighted by atomic mass is 10.3. The molecule has 19 heavy (non-hydrogen) atoms. The number of sulfonamides is 1. The summed E-state index contributed by atoms with van der Waals surface area (Å²) in [6.07, 6.45) is 0.932. The lowest BCUT2D eigenvalue weighted by molar-refractivity contribution is 0.0603. The van der Waals surface area contributed by atoms with Crippen LogP contribution in [0.4, 0.5) is 5.82 Å². The number of nitrogen functional groups attached to an aromatic ring is 1. The van der Waals surface area contributed by atoms with Crippen LogP contribution < -0.4 is 10.5 Å². The lowest BCUT2D eigenvalue weighted by Crippen LogP contribution is -2.28. The van der Waals surface area contributed by atoms with Crippen LogP contribution in [0, 0.1) is 0 Å². The summed E-state index contributed by atoms with van der Waals surface area (Å²) >= 11 is 0. The van der Waals surface area contributed by atoms with E-state index in [4.69, 9.17) is 10.5 Å². The molecule has 0 saturated heterocycles. The third-order valence-corrected chi connectivity index (χ3v) is 3.97. The SMILES string of the molecule is CCn1cc(S(=O)(=O)NCCC(O)COC)c(N)n1. The maximum absolute atomic E-state index is 12.0. The van der Waals surface area contributed by atoms with Crippen molar-refractivity contribution in [3.8, 4) is 0 Å². The van der Waals surface area contributed by atoms with Crippen molar-refractivity contribution in [1.29, 1.82) is 0 Å². The van der Waals surface area contributed by atoms with Crippen LogP contribution >= 0.6 is 0 Å². The summed E-state index contributed by atoms with van der Waals surface area (Å²) in [5.41, 5.74) is 5.56. The molecule has 1 aromatic rings. The normalized spacial score (nSPS) is 13.6. The van der Waals surface area contributed by atoms with Gasteiger partial charge < -0.3 is 15.6 Å². The Kier molecular flexibility index (Phi) is 5.73. The predicted molar refractivity (Wildman–Crippen MR) is 70.0 cm³/mol. The van der Waals surface area contributed by atoms with E-state index in [1.165, 1.54) is 18.0 Å². The van der Waals surface area contributed by atoms with Gasteiger partial charge in [0.2, 0.25) is 10.0 Å². The number of nitrogens with two attached hydrogens (primary N) is 1. The lowest BCUT2D eigenvalue weighted by Gasteiger charge is -2.10. The molecule has 0 amide bonds. The summed E-state index contributed by atoms with van der Waals surface area (Å²) in [6.45, 7) is 2.63. The average Bonchev–Trinajstić information content (AvgIpc) is 2.71. The first kappa shape index (κ1) is 15.9. The number of aliphatic hydroxyl groups is 1. The van der Waals surface area contributed by atoms with Gasteiger partial charge in [0.05, 0.1) is 12.7 Å². The van der Waals surface area contributed by atoms with Gasteiger partial charge in [-0.05, 0) is 13.3 Å². The molecule has 4 N–H and O–H groups in total. The summed E-state index contributed by atoms with van der Waals surface area (Å²) in [7, 11) is -2.24. The van der Waals surface area contributed by atoms with Gasteiger partial charge in [0, 0.05) is 26.4 Å². The van der Waals surface area contributed by atoms with E-state index in [1.807, 2.05) is 6.92 Å². The maximum atomic E-state index is 12.0. The smallest absolute Gasteiger partial charge is 0.245 e. The second-order valence-electron chi connectivity index (χ2n) is 4.03. The van der Waals surface area contributed by atoms with E-state index in [9.17, 15) is 13.5 Å². The number of nitrogens with zero attached hydrogens (tertiary/aromatic N) is 2. The monoisotopic (exact) mass is 292 g/mol. The molecule has 0 aliphatic rings. The van der Waals surface area contributed by atoms with Gasteiger partial charge in [-0.3, -0.25) is 4.68 Å². The van der Waals surface area contributed by atoms with Crippen molar-refractivity contribution >= 4 is 15.8 Å². The molecule has 0 spiro atoms. The minimum atomic E-state index is -3.70. The third kappa shape index (κ3) is 4.46. The number of aryl methyl sites for hydroxylation is 1. The molecule has 110 valence electrons. The fourth-order valence-corrected chi connectivity index (χ4v) is 2.62. The number of ether oxygens (including phenoxy) is 1. The first-order chi connectivity index (χ1) is 8.90. The van der Waals surface area contributed by atoms with E-state index >= 15 is 0 Å². The van der Waals surface area contributed by atoms with E-state index in [1.54, 1.807) is 0 Å². The van der Waals surface area contributed by atoms with Gasteiger partial charge in [0.25, 0.3) is 0 Å². The number of hydrogen-bond acceptors (Lipinski definition) is 6. The molecule has 0 bridgehead atoms. The second kappa shape index (κ2) is 6.85. The Balaban J connectivity index is 2.63. The Morgan fingerprint density at radius 2 is 2.32 bits per heavy atom. The average molecular weight is 292 g/mol. The molecule has 0 radical (unpaired) electrons. The van der Waals surface area contributed by atoms with Crippen LogP contribution in [0.15, 0.2) is 11.1 Å². The maximum Gasteiger partial charge on any atom is 0.245 e. The molecule has 1 unspecified atom stereocenters. The van der Waals surface area contributed by atoms with Crippen molar-refractivity contribution in [3.63, 3.8) is 0 Å². The third-order valence-electron chi connectivity index (χ3n) is 2.50. The zero-order chi connectivity index (χ0) is 14.5. The van der Waals surface area contributed by atoms with Gasteiger partial charge in [0.15, 0.2) is 5.82 Å². The van der Waals surface area contributed by atoms with Crippen LogP contribution in [0.3, 0.4) is 0 Å². The molecule has 0 fully saturated rings. The molecular formula is C10H20N4O4S. The zero-order valence-corrected chi connectivity index (χ0v) is 11.9. The molecule has 1 rings (SSSR count). The molecule has 0 aromatic carbocycles. The van der Waals surface area contributed by atoms with Crippen LogP contribution in [-0.2, 0) is 21.3 Å². The quantitative estimate of drug-likeness (QED) is 0.575. The first-order valence-electron chi connectivity index (χ1n) is 5.90. The standard InChI is InChI=1S/C10H20N4O4S/c1-3-14-6-9(10(11)13-14)19(16,17)12-5-4-8(15)7-18-2/h6,8,12,15H,3-5,7H2,1-2H3,(H2,11,13). The number of methoxy groups -OCH3 is 1. The summed E-state index contributed by atoms with van der Waals surface area (Å²) in [4.78, 5) is -0.0458. The van der Waals surface area contributed by atoms with Crippen LogP contribution in [-0.4, -0.2) is 49.7 Å². The van der Waals surface area contributed by atoms with Gasteiger partial charge in [-0.25, -0.2) is 13.1 Å². The van der Waals surface area contributed by atoms with Gasteiger partial charge >= 0.3 is 0 Å². The van der Waals surface area contributed by atoms with Gasteiger partial charge in [-0.2, -0.15) is 5.10 Å². The summed E-state index contributed by atoms with van der Waals surface area (Å²) in [6, 6.07) is 0. The van der Waals surface area contributed by atoms with Crippen molar-refractivity contribution in [3.05, 3.63) is 6.20 Å². The molecule has 1 aromatic heterocycles. The van der Waals surface area contributed by atoms with Gasteiger partial charge in [0.1, 0.15) is 4.90 Å². The molecule has 8 nitrogen and oxygen atoms in total. The molecule has 0 aliphatic heterocycles. The molecule has 9 heteroatoms. The van der Waals surface area contributed by atoms with Crippen molar-refractivity contribution < 1.29 is 18.3 Å². The predicted octanol–water partition coefficient (Wildman–Crippen LogP) is -0.839. The fraction of sp³-hybridized carbons (Fsp3) is 0.700. The minimum Gasteiger partial charge on any atom is -0.391 e. The number of aliphatic hydroxyl groups excluding tert-OH is 1. The van der Waals surface area contributed by atoms with Crippen molar-refractivity contribution in [2.45, 2.75) is 30.9 Å². The molecule has 1 heterocycles. The summed E-state index contributed by atoms with van der Waals surface area (Å²) in [5, 5.41) is 13.3. The number of nitrogens with one attached hydrogen (secondary N) is 1. The van der Waals surface area contributed by atoms with Crippen molar-refractivity contribution in [1.82, 2.24) is 14.5 Å². The Morgan fingerprint density at radius 1 is 1.63 bits per heavy atom. The van der Waals surface area contributed by atoms with Crippen LogP contribution in [0.1, 0.15) is 13.3 Å². The second-order valence-corrected chi connectivity index (χ2v) is 5.77. The Bertz CT molecular complexity index is 500. The molecule has 0 aliphatic carbocycles. The van der Waals surface area contributed by atoms with Crippen molar-refractivity contribution in [2.24, 2.45) is 0 Å². The molecule has 1 atom stereocenters. The number of aromatic nitrogens is 2. The van der Waals surface area contributed by atoms with E-state index in [2.05, 4.69) is 9.82 Å². The number of hydrogen-bond donors (Lipinski definition) is 3. The summed E-state index contributed by atoms with van der Waals surface area (Å²) < 4.78 is 32.5. The largest absolute Gasteiger partial charge is 0.391 e. The highest BCUT2D eigenvalue weighted by Gasteiger charge is 2.20. The molecular weight excluding hydrogens is 272 g/mol. The van der Waals surface area contributed by atoms with E-state index < -0.39 is 16.1 Å². The van der Waals surface area contributed by atoms with E-state index in [0.29, 0.717) is 6.54 Å². The topological polar surface area (TPSA) is 119 Å². The van der Waals surface area contributed by atoms with Crippen molar-refractivity contribution in [2.75, 3.05) is 26.0 Å². The Morgan fingerprint density at radius 3 is 2.84 bits per heavy atom.